The van der Waals surface area contributed by atoms with Gasteiger partial charge in [-0.2, -0.15) is 0 Å². The molecular weight excluding hydrogens is 330 g/mol. The summed E-state index contributed by atoms with van der Waals surface area (Å²) < 4.78 is 6.58. The fourth-order valence-corrected chi connectivity index (χ4v) is 2.43. The van der Waals surface area contributed by atoms with Crippen LogP contribution >= 0.6 is 0 Å². The Morgan fingerprint density at radius 1 is 1.12 bits per heavy atom. The largest absolute Gasteiger partial charge is 0.444 e. The van der Waals surface area contributed by atoms with Gasteiger partial charge in [0.25, 0.3) is 5.56 Å². The summed E-state index contributed by atoms with van der Waals surface area (Å²) in [5, 5.41) is 2.50. The van der Waals surface area contributed by atoms with Gasteiger partial charge in [0.05, 0.1) is 11.9 Å². The SMILES string of the molecule is CCc1ccc(-n2cccc(NC(=O)OCc3ccccc3)c2=O)cn1. The van der Waals surface area contributed by atoms with Gasteiger partial charge in [-0.05, 0) is 36.2 Å². The van der Waals surface area contributed by atoms with Crippen molar-refractivity contribution in [2.24, 2.45) is 0 Å². The number of anilines is 1. The van der Waals surface area contributed by atoms with E-state index in [1.807, 2.05) is 49.4 Å². The van der Waals surface area contributed by atoms with E-state index in [9.17, 15) is 9.59 Å². The Bertz CT molecular complexity index is 935. The maximum atomic E-state index is 12.6. The van der Waals surface area contributed by atoms with Crippen molar-refractivity contribution >= 4 is 11.8 Å². The number of aromatic nitrogens is 2. The fourth-order valence-electron chi connectivity index (χ4n) is 2.43. The molecule has 1 N–H and O–H groups in total. The van der Waals surface area contributed by atoms with Crippen molar-refractivity contribution in [3.63, 3.8) is 0 Å². The first-order chi connectivity index (χ1) is 12.7. The summed E-state index contributed by atoms with van der Waals surface area (Å²) in [5.74, 6) is 0. The number of carbonyl (C=O) groups excluding carboxylic acids is 1. The number of benzene rings is 1. The van der Waals surface area contributed by atoms with E-state index in [2.05, 4.69) is 10.3 Å². The minimum absolute atomic E-state index is 0.135. The van der Waals surface area contributed by atoms with Crippen molar-refractivity contribution in [3.05, 3.63) is 88.6 Å². The van der Waals surface area contributed by atoms with Crippen LogP contribution in [0.15, 0.2) is 71.8 Å². The lowest BCUT2D eigenvalue weighted by Gasteiger charge is -2.10. The Labute approximate surface area is 151 Å². The quantitative estimate of drug-likeness (QED) is 0.764. The fraction of sp³-hybridized carbons (Fsp3) is 0.150. The molecule has 0 atom stereocenters. The minimum atomic E-state index is -0.678. The van der Waals surface area contributed by atoms with E-state index in [1.165, 1.54) is 10.6 Å². The highest BCUT2D eigenvalue weighted by Crippen LogP contribution is 2.08. The number of rotatable bonds is 5. The van der Waals surface area contributed by atoms with Crippen LogP contribution in [0.1, 0.15) is 18.2 Å². The first-order valence-electron chi connectivity index (χ1n) is 8.32. The summed E-state index contributed by atoms with van der Waals surface area (Å²) in [5.41, 5.74) is 2.24. The van der Waals surface area contributed by atoms with Crippen molar-refractivity contribution in [1.82, 2.24) is 9.55 Å². The van der Waals surface area contributed by atoms with Gasteiger partial charge in [-0.15, -0.1) is 0 Å². The molecule has 1 amide bonds. The Hall–Kier alpha value is -3.41. The van der Waals surface area contributed by atoms with Gasteiger partial charge in [-0.1, -0.05) is 37.3 Å². The van der Waals surface area contributed by atoms with E-state index in [0.717, 1.165) is 17.7 Å². The van der Waals surface area contributed by atoms with Crippen LogP contribution in [0.25, 0.3) is 5.69 Å². The molecule has 0 spiro atoms. The molecule has 0 fully saturated rings. The predicted octanol–water partition coefficient (Wildman–Crippen LogP) is 3.54. The zero-order valence-electron chi connectivity index (χ0n) is 14.4. The highest BCUT2D eigenvalue weighted by molar-refractivity contribution is 5.84. The second-order valence-electron chi connectivity index (χ2n) is 5.65. The number of pyridine rings is 2. The first kappa shape index (κ1) is 17.4. The minimum Gasteiger partial charge on any atom is -0.444 e. The molecule has 132 valence electrons. The molecule has 0 aliphatic rings. The van der Waals surface area contributed by atoms with Crippen LogP contribution in [-0.2, 0) is 17.8 Å². The highest BCUT2D eigenvalue weighted by Gasteiger charge is 2.10. The van der Waals surface area contributed by atoms with Crippen molar-refractivity contribution in [3.8, 4) is 5.69 Å². The molecule has 0 bridgehead atoms. The normalized spacial score (nSPS) is 10.3. The highest BCUT2D eigenvalue weighted by atomic mass is 16.5. The number of carbonyl (C=O) groups is 1. The standard InChI is InChI=1S/C20H19N3O3/c1-2-16-10-11-17(13-21-16)23-12-6-9-18(19(23)24)22-20(25)26-14-15-7-4-3-5-8-15/h3-13H,2,14H2,1H3,(H,22,25). The average Bonchev–Trinajstić information content (AvgIpc) is 2.69. The van der Waals surface area contributed by atoms with Gasteiger partial charge in [0, 0.05) is 11.9 Å². The summed E-state index contributed by atoms with van der Waals surface area (Å²) in [6.07, 6.45) is 3.41. The molecule has 0 saturated carbocycles. The molecule has 0 radical (unpaired) electrons. The van der Waals surface area contributed by atoms with E-state index < -0.39 is 6.09 Å². The molecule has 0 aliphatic carbocycles. The molecule has 2 heterocycles. The first-order valence-corrected chi connectivity index (χ1v) is 8.32. The molecule has 6 nitrogen and oxygen atoms in total. The molecule has 0 saturated heterocycles. The second kappa shape index (κ2) is 8.11. The van der Waals surface area contributed by atoms with Crippen molar-refractivity contribution < 1.29 is 9.53 Å². The monoisotopic (exact) mass is 349 g/mol. The molecule has 0 aliphatic heterocycles. The Morgan fingerprint density at radius 2 is 1.92 bits per heavy atom. The molecule has 26 heavy (non-hydrogen) atoms. The number of ether oxygens (including phenoxy) is 1. The summed E-state index contributed by atoms with van der Waals surface area (Å²) in [7, 11) is 0. The van der Waals surface area contributed by atoms with Crippen LogP contribution in [0.4, 0.5) is 10.5 Å². The Kier molecular flexibility index (Phi) is 5.43. The lowest BCUT2D eigenvalue weighted by atomic mass is 10.2. The van der Waals surface area contributed by atoms with Gasteiger partial charge in [-0.25, -0.2) is 4.79 Å². The molecule has 2 aromatic heterocycles. The second-order valence-corrected chi connectivity index (χ2v) is 5.65. The lowest BCUT2D eigenvalue weighted by molar-refractivity contribution is 0.155. The number of nitrogens with zero attached hydrogens (tertiary/aromatic N) is 2. The third-order valence-corrected chi connectivity index (χ3v) is 3.85. The molecule has 3 aromatic rings. The van der Waals surface area contributed by atoms with Crippen molar-refractivity contribution in [2.45, 2.75) is 20.0 Å². The third-order valence-electron chi connectivity index (χ3n) is 3.85. The van der Waals surface area contributed by atoms with Crippen molar-refractivity contribution in [1.29, 1.82) is 0 Å². The van der Waals surface area contributed by atoms with Gasteiger partial charge in [-0.3, -0.25) is 19.7 Å². The van der Waals surface area contributed by atoms with Crippen LogP contribution in [0.5, 0.6) is 0 Å². The summed E-state index contributed by atoms with van der Waals surface area (Å²) in [6, 6.07) is 16.2. The van der Waals surface area contributed by atoms with Crippen LogP contribution in [0.3, 0.4) is 0 Å². The number of nitrogens with one attached hydrogen (secondary N) is 1. The van der Waals surface area contributed by atoms with Gasteiger partial charge >= 0.3 is 6.09 Å². The van der Waals surface area contributed by atoms with Crippen LogP contribution in [-0.4, -0.2) is 15.6 Å². The van der Waals surface area contributed by atoms with Crippen LogP contribution in [0, 0.1) is 0 Å². The maximum absolute atomic E-state index is 12.6. The molecular formula is C20H19N3O3. The zero-order valence-corrected chi connectivity index (χ0v) is 14.4. The predicted molar refractivity (Wildman–Crippen MR) is 99.5 cm³/mol. The number of hydrogen-bond acceptors (Lipinski definition) is 4. The van der Waals surface area contributed by atoms with Crippen molar-refractivity contribution in [2.75, 3.05) is 5.32 Å². The van der Waals surface area contributed by atoms with Gasteiger partial charge in [0.2, 0.25) is 0 Å². The Balaban J connectivity index is 1.72. The van der Waals surface area contributed by atoms with Gasteiger partial charge in [0.15, 0.2) is 0 Å². The van der Waals surface area contributed by atoms with Crippen LogP contribution < -0.4 is 10.9 Å². The number of hydrogen-bond donors (Lipinski definition) is 1. The van der Waals surface area contributed by atoms with E-state index in [-0.39, 0.29) is 17.9 Å². The average molecular weight is 349 g/mol. The zero-order chi connectivity index (χ0) is 18.4. The van der Waals surface area contributed by atoms with E-state index >= 15 is 0 Å². The maximum Gasteiger partial charge on any atom is 0.412 e. The third kappa shape index (κ3) is 4.16. The topological polar surface area (TPSA) is 73.2 Å². The summed E-state index contributed by atoms with van der Waals surface area (Å²) in [6.45, 7) is 2.15. The van der Waals surface area contributed by atoms with E-state index in [4.69, 9.17) is 4.74 Å². The summed E-state index contributed by atoms with van der Waals surface area (Å²) >= 11 is 0. The van der Waals surface area contributed by atoms with Crippen LogP contribution in [0.2, 0.25) is 0 Å². The lowest BCUT2D eigenvalue weighted by Crippen LogP contribution is -2.25. The smallest absolute Gasteiger partial charge is 0.412 e. The van der Waals surface area contributed by atoms with Gasteiger partial charge < -0.3 is 4.74 Å². The Morgan fingerprint density at radius 3 is 2.62 bits per heavy atom. The molecule has 6 heteroatoms. The number of amides is 1. The summed E-state index contributed by atoms with van der Waals surface area (Å²) in [4.78, 5) is 28.9. The van der Waals surface area contributed by atoms with E-state index in [0.29, 0.717) is 5.69 Å². The molecule has 3 rings (SSSR count). The van der Waals surface area contributed by atoms with Gasteiger partial charge in [0.1, 0.15) is 12.3 Å². The molecule has 0 unspecified atom stereocenters. The van der Waals surface area contributed by atoms with E-state index in [1.54, 1.807) is 18.5 Å². The molecule has 1 aromatic carbocycles. The number of aryl methyl sites for hydroxylation is 1.